The molecule has 21 heavy (non-hydrogen) atoms. The smallest absolute Gasteiger partial charge is 0.120 e. The first-order valence-electron chi connectivity index (χ1n) is 7.27. The number of aromatic hydroxyl groups is 1. The first kappa shape index (κ1) is 15.4. The van der Waals surface area contributed by atoms with Crippen LogP contribution in [0.15, 0.2) is 48.5 Å². The minimum atomic E-state index is 0.0545. The minimum absolute atomic E-state index is 0.0545. The van der Waals surface area contributed by atoms with Crippen molar-refractivity contribution in [3.63, 3.8) is 0 Å². The first-order valence-corrected chi connectivity index (χ1v) is 7.27. The molecule has 0 heterocycles. The Kier molecular flexibility index (Phi) is 5.23. The fraction of sp³-hybridized carbons (Fsp3) is 0.333. The van der Waals surface area contributed by atoms with E-state index in [0.717, 1.165) is 17.7 Å². The number of rotatable bonds is 6. The molecule has 0 bridgehead atoms. The Hall–Kier alpha value is -2.00. The van der Waals surface area contributed by atoms with Gasteiger partial charge in [0, 0.05) is 17.6 Å². The van der Waals surface area contributed by atoms with E-state index >= 15 is 0 Å². The monoisotopic (exact) mass is 285 g/mol. The lowest BCUT2D eigenvalue weighted by Crippen LogP contribution is -2.30. The van der Waals surface area contributed by atoms with Crippen LogP contribution in [0.1, 0.15) is 31.0 Å². The highest BCUT2D eigenvalue weighted by Crippen LogP contribution is 2.28. The Balaban J connectivity index is 2.02. The molecule has 2 unspecified atom stereocenters. The topological polar surface area (TPSA) is 41.5 Å². The van der Waals surface area contributed by atoms with Gasteiger partial charge in [-0.3, -0.25) is 0 Å². The quantitative estimate of drug-likeness (QED) is 0.850. The van der Waals surface area contributed by atoms with Crippen molar-refractivity contribution >= 4 is 0 Å². The molecular formula is C18H23NO2. The maximum Gasteiger partial charge on any atom is 0.120 e. The molecule has 0 saturated heterocycles. The number of methoxy groups -OCH3 is 1. The van der Waals surface area contributed by atoms with Gasteiger partial charge >= 0.3 is 0 Å². The van der Waals surface area contributed by atoms with Crippen LogP contribution in [0.2, 0.25) is 0 Å². The molecule has 3 heteroatoms. The number of phenolic OH excluding ortho intramolecular Hbond substituents is 1. The van der Waals surface area contributed by atoms with Crippen molar-refractivity contribution in [2.75, 3.05) is 7.11 Å². The van der Waals surface area contributed by atoms with Gasteiger partial charge in [-0.15, -0.1) is 0 Å². The molecule has 2 rings (SSSR count). The lowest BCUT2D eigenvalue weighted by atomic mass is 10.0. The van der Waals surface area contributed by atoms with Crippen LogP contribution in [0.5, 0.6) is 11.5 Å². The number of hydrogen-bond acceptors (Lipinski definition) is 3. The van der Waals surface area contributed by atoms with Crippen LogP contribution in [0.4, 0.5) is 0 Å². The summed E-state index contributed by atoms with van der Waals surface area (Å²) in [5.41, 5.74) is 2.16. The average Bonchev–Trinajstić information content (AvgIpc) is 2.48. The number of hydrogen-bond donors (Lipinski definition) is 2. The van der Waals surface area contributed by atoms with E-state index in [1.165, 1.54) is 5.56 Å². The van der Waals surface area contributed by atoms with E-state index < -0.39 is 0 Å². The van der Waals surface area contributed by atoms with Crippen molar-refractivity contribution in [2.45, 2.75) is 32.4 Å². The van der Waals surface area contributed by atoms with Gasteiger partial charge in [-0.25, -0.2) is 0 Å². The van der Waals surface area contributed by atoms with Crippen molar-refractivity contribution in [3.8, 4) is 11.5 Å². The summed E-state index contributed by atoms with van der Waals surface area (Å²) < 4.78 is 5.22. The highest BCUT2D eigenvalue weighted by Gasteiger charge is 2.14. The number of phenols is 1. The third-order valence-electron chi connectivity index (χ3n) is 3.62. The van der Waals surface area contributed by atoms with E-state index in [2.05, 4.69) is 43.4 Å². The Bertz CT molecular complexity index is 569. The van der Waals surface area contributed by atoms with Crippen LogP contribution >= 0.6 is 0 Å². The van der Waals surface area contributed by atoms with Gasteiger partial charge in [-0.05, 0) is 44.0 Å². The van der Waals surface area contributed by atoms with Gasteiger partial charge in [0.2, 0.25) is 0 Å². The predicted octanol–water partition coefficient (Wildman–Crippen LogP) is 3.68. The maximum atomic E-state index is 10.0. The first-order chi connectivity index (χ1) is 10.1. The van der Waals surface area contributed by atoms with Crippen LogP contribution in [-0.4, -0.2) is 18.3 Å². The molecule has 112 valence electrons. The zero-order valence-electron chi connectivity index (χ0n) is 12.8. The van der Waals surface area contributed by atoms with Crippen molar-refractivity contribution < 1.29 is 9.84 Å². The Morgan fingerprint density at radius 2 is 1.81 bits per heavy atom. The molecule has 0 spiro atoms. The van der Waals surface area contributed by atoms with Gasteiger partial charge < -0.3 is 15.2 Å². The third-order valence-corrected chi connectivity index (χ3v) is 3.62. The molecular weight excluding hydrogens is 262 g/mol. The fourth-order valence-electron chi connectivity index (χ4n) is 2.55. The van der Waals surface area contributed by atoms with E-state index in [1.807, 2.05) is 12.1 Å². The maximum absolute atomic E-state index is 10.0. The van der Waals surface area contributed by atoms with Crippen molar-refractivity contribution in [3.05, 3.63) is 59.7 Å². The average molecular weight is 285 g/mol. The molecule has 0 aliphatic rings. The van der Waals surface area contributed by atoms with E-state index in [-0.39, 0.29) is 6.04 Å². The molecule has 0 aliphatic heterocycles. The molecule has 2 N–H and O–H groups in total. The zero-order chi connectivity index (χ0) is 15.2. The summed E-state index contributed by atoms with van der Waals surface area (Å²) in [5.74, 6) is 1.05. The fourth-order valence-corrected chi connectivity index (χ4v) is 2.55. The molecule has 0 radical (unpaired) electrons. The summed E-state index contributed by atoms with van der Waals surface area (Å²) in [6, 6.07) is 16.1. The molecule has 2 aromatic carbocycles. The highest BCUT2D eigenvalue weighted by molar-refractivity contribution is 5.41. The highest BCUT2D eigenvalue weighted by atomic mass is 16.5. The number of benzene rings is 2. The molecule has 0 saturated carbocycles. The van der Waals surface area contributed by atoms with Crippen molar-refractivity contribution in [1.29, 1.82) is 0 Å². The van der Waals surface area contributed by atoms with Crippen LogP contribution < -0.4 is 10.1 Å². The van der Waals surface area contributed by atoms with Gasteiger partial charge in [0.15, 0.2) is 0 Å². The van der Waals surface area contributed by atoms with Crippen LogP contribution in [-0.2, 0) is 6.42 Å². The molecule has 3 nitrogen and oxygen atoms in total. The van der Waals surface area contributed by atoms with Gasteiger partial charge in [-0.1, -0.05) is 30.3 Å². The van der Waals surface area contributed by atoms with Crippen molar-refractivity contribution in [2.24, 2.45) is 0 Å². The second-order valence-electron chi connectivity index (χ2n) is 5.40. The van der Waals surface area contributed by atoms with Gasteiger partial charge in [0.05, 0.1) is 7.11 Å². The predicted molar refractivity (Wildman–Crippen MR) is 85.8 cm³/mol. The van der Waals surface area contributed by atoms with Crippen LogP contribution in [0.3, 0.4) is 0 Å². The van der Waals surface area contributed by atoms with Crippen molar-refractivity contribution in [1.82, 2.24) is 5.32 Å². The van der Waals surface area contributed by atoms with Crippen LogP contribution in [0, 0.1) is 0 Å². The third kappa shape index (κ3) is 4.23. The number of ether oxygens (including phenoxy) is 1. The summed E-state index contributed by atoms with van der Waals surface area (Å²) in [7, 11) is 1.63. The molecule has 0 fully saturated rings. The van der Waals surface area contributed by atoms with E-state index in [9.17, 15) is 5.11 Å². The molecule has 2 aromatic rings. The van der Waals surface area contributed by atoms with E-state index in [1.54, 1.807) is 19.2 Å². The summed E-state index contributed by atoms with van der Waals surface area (Å²) in [6.07, 6.45) is 0.954. The van der Waals surface area contributed by atoms with Gasteiger partial charge in [0.1, 0.15) is 11.5 Å². The molecule has 2 atom stereocenters. The Labute approximate surface area is 126 Å². The molecule has 0 aliphatic carbocycles. The molecule has 0 aromatic heterocycles. The van der Waals surface area contributed by atoms with E-state index in [0.29, 0.717) is 11.8 Å². The lowest BCUT2D eigenvalue weighted by molar-refractivity contribution is 0.404. The van der Waals surface area contributed by atoms with Gasteiger partial charge in [-0.2, -0.15) is 0 Å². The summed E-state index contributed by atoms with van der Waals surface area (Å²) in [6.45, 7) is 4.21. The van der Waals surface area contributed by atoms with E-state index in [4.69, 9.17) is 4.74 Å². The molecule has 0 amide bonds. The Morgan fingerprint density at radius 1 is 1.10 bits per heavy atom. The normalized spacial score (nSPS) is 13.7. The zero-order valence-corrected chi connectivity index (χ0v) is 12.8. The van der Waals surface area contributed by atoms with Gasteiger partial charge in [0.25, 0.3) is 0 Å². The standard InChI is InChI=1S/C18H23NO2/c1-13(11-15-7-5-4-6-8-15)19-14(2)17-12-16(21-3)9-10-18(17)20/h4-10,12-14,19-20H,11H2,1-3H3. The summed E-state index contributed by atoms with van der Waals surface area (Å²) >= 11 is 0. The second kappa shape index (κ2) is 7.14. The number of nitrogens with one attached hydrogen (secondary N) is 1. The minimum Gasteiger partial charge on any atom is -0.508 e. The summed E-state index contributed by atoms with van der Waals surface area (Å²) in [5, 5.41) is 13.5. The SMILES string of the molecule is COc1ccc(O)c(C(C)NC(C)Cc2ccccc2)c1. The largest absolute Gasteiger partial charge is 0.508 e. The second-order valence-corrected chi connectivity index (χ2v) is 5.40. The lowest BCUT2D eigenvalue weighted by Gasteiger charge is -2.21. The Morgan fingerprint density at radius 3 is 2.48 bits per heavy atom. The summed E-state index contributed by atoms with van der Waals surface area (Å²) in [4.78, 5) is 0. The van der Waals surface area contributed by atoms with Crippen LogP contribution in [0.25, 0.3) is 0 Å².